The molecular weight excluding hydrogens is 447 g/mol. The maximum atomic E-state index is 6.15. The molecule has 3 aromatic rings. The summed E-state index contributed by atoms with van der Waals surface area (Å²) in [5.41, 5.74) is 2.68. The van der Waals surface area contributed by atoms with Crippen molar-refractivity contribution in [3.05, 3.63) is 90.8 Å². The number of benzene rings is 3. The van der Waals surface area contributed by atoms with Crippen molar-refractivity contribution in [1.82, 2.24) is 0 Å². The number of halogens is 5. The van der Waals surface area contributed by atoms with Crippen LogP contribution in [-0.2, 0) is 13.2 Å². The van der Waals surface area contributed by atoms with Gasteiger partial charge in [0.1, 0.15) is 12.4 Å². The molecule has 0 unspecified atom stereocenters. The molecular formula is C20H14Cl5NO. The van der Waals surface area contributed by atoms with Gasteiger partial charge in [0.25, 0.3) is 0 Å². The number of rotatable bonds is 6. The average Bonchev–Trinajstić information content (AvgIpc) is 2.64. The Balaban J connectivity index is 1.72. The lowest BCUT2D eigenvalue weighted by atomic mass is 10.2. The first-order valence-corrected chi connectivity index (χ1v) is 9.85. The summed E-state index contributed by atoms with van der Waals surface area (Å²) in [7, 11) is 0. The van der Waals surface area contributed by atoms with E-state index in [0.717, 1.165) is 22.6 Å². The van der Waals surface area contributed by atoms with E-state index in [-0.39, 0.29) is 0 Å². The molecule has 7 heteroatoms. The fourth-order valence-corrected chi connectivity index (χ4v) is 3.23. The molecule has 140 valence electrons. The second kappa shape index (κ2) is 9.27. The van der Waals surface area contributed by atoms with Gasteiger partial charge in [-0.2, -0.15) is 0 Å². The van der Waals surface area contributed by atoms with Gasteiger partial charge in [-0.1, -0.05) is 64.1 Å². The van der Waals surface area contributed by atoms with Crippen molar-refractivity contribution in [2.45, 2.75) is 13.2 Å². The number of ether oxygens (including phenoxy) is 1. The predicted octanol–water partition coefficient (Wildman–Crippen LogP) is 8.14. The van der Waals surface area contributed by atoms with Crippen LogP contribution in [0.15, 0.2) is 54.6 Å². The van der Waals surface area contributed by atoms with E-state index >= 15 is 0 Å². The minimum absolute atomic E-state index is 0.359. The third-order valence-corrected chi connectivity index (χ3v) is 5.52. The van der Waals surface area contributed by atoms with E-state index in [9.17, 15) is 0 Å². The van der Waals surface area contributed by atoms with Gasteiger partial charge >= 0.3 is 0 Å². The van der Waals surface area contributed by atoms with Crippen molar-refractivity contribution in [3.63, 3.8) is 0 Å². The molecule has 3 rings (SSSR count). The Bertz CT molecular complexity index is 961. The molecule has 0 spiro atoms. The summed E-state index contributed by atoms with van der Waals surface area (Å²) in [5, 5.41) is 5.93. The average molecular weight is 462 g/mol. The maximum absolute atomic E-state index is 6.15. The van der Waals surface area contributed by atoms with Gasteiger partial charge in [0.2, 0.25) is 0 Å². The summed E-state index contributed by atoms with van der Waals surface area (Å²) in [6, 6.07) is 16.3. The molecule has 0 saturated heterocycles. The van der Waals surface area contributed by atoms with Crippen LogP contribution in [0.25, 0.3) is 0 Å². The highest BCUT2D eigenvalue weighted by atomic mass is 35.5. The molecule has 0 aliphatic rings. The van der Waals surface area contributed by atoms with E-state index < -0.39 is 0 Å². The van der Waals surface area contributed by atoms with E-state index in [2.05, 4.69) is 5.32 Å². The summed E-state index contributed by atoms with van der Waals surface area (Å²) < 4.78 is 5.96. The zero-order valence-corrected chi connectivity index (χ0v) is 17.7. The highest BCUT2D eigenvalue weighted by molar-refractivity contribution is 6.42. The van der Waals surface area contributed by atoms with Crippen LogP contribution < -0.4 is 10.1 Å². The van der Waals surface area contributed by atoms with Crippen LogP contribution in [-0.4, -0.2) is 0 Å². The van der Waals surface area contributed by atoms with Crippen LogP contribution in [0.2, 0.25) is 25.1 Å². The number of hydrogen-bond acceptors (Lipinski definition) is 2. The largest absolute Gasteiger partial charge is 0.489 e. The summed E-state index contributed by atoms with van der Waals surface area (Å²) in [6.45, 7) is 0.869. The first kappa shape index (κ1) is 20.4. The van der Waals surface area contributed by atoms with Crippen LogP contribution in [0.5, 0.6) is 5.75 Å². The van der Waals surface area contributed by atoms with Crippen molar-refractivity contribution in [2.75, 3.05) is 5.32 Å². The summed E-state index contributed by atoms with van der Waals surface area (Å²) in [4.78, 5) is 0. The summed E-state index contributed by atoms with van der Waals surface area (Å²) in [6.07, 6.45) is 0. The van der Waals surface area contributed by atoms with Gasteiger partial charge in [-0.05, 0) is 54.1 Å². The molecule has 0 amide bonds. The molecule has 0 saturated carbocycles. The van der Waals surface area contributed by atoms with Gasteiger partial charge in [0.05, 0.1) is 20.1 Å². The fourth-order valence-electron chi connectivity index (χ4n) is 2.42. The van der Waals surface area contributed by atoms with E-state index in [1.165, 1.54) is 0 Å². The van der Waals surface area contributed by atoms with Crippen LogP contribution in [0, 0.1) is 0 Å². The Labute approximate surface area is 182 Å². The Hall–Kier alpha value is -1.29. The summed E-state index contributed by atoms with van der Waals surface area (Å²) in [5.74, 6) is 0.720. The summed E-state index contributed by atoms with van der Waals surface area (Å²) >= 11 is 30.2. The quantitative estimate of drug-likeness (QED) is 0.400. The van der Waals surface area contributed by atoms with Crippen LogP contribution in [0.3, 0.4) is 0 Å². The van der Waals surface area contributed by atoms with Crippen molar-refractivity contribution in [1.29, 1.82) is 0 Å². The third-order valence-electron chi connectivity index (χ3n) is 3.80. The Morgan fingerprint density at radius 1 is 0.704 bits per heavy atom. The molecule has 1 N–H and O–H groups in total. The molecule has 2 nitrogen and oxygen atoms in total. The Morgan fingerprint density at radius 3 is 2.11 bits per heavy atom. The second-order valence-electron chi connectivity index (χ2n) is 5.77. The van der Waals surface area contributed by atoms with Gasteiger partial charge in [-0.25, -0.2) is 0 Å². The number of nitrogens with one attached hydrogen (secondary N) is 1. The van der Waals surface area contributed by atoms with E-state index in [4.69, 9.17) is 62.7 Å². The van der Waals surface area contributed by atoms with Crippen LogP contribution >= 0.6 is 58.0 Å². The zero-order chi connectivity index (χ0) is 19.4. The van der Waals surface area contributed by atoms with E-state index in [1.54, 1.807) is 30.3 Å². The van der Waals surface area contributed by atoms with Crippen LogP contribution in [0.4, 0.5) is 5.69 Å². The van der Waals surface area contributed by atoms with Gasteiger partial charge in [0, 0.05) is 22.8 Å². The topological polar surface area (TPSA) is 21.3 Å². The van der Waals surface area contributed by atoms with Crippen LogP contribution in [0.1, 0.15) is 11.1 Å². The third kappa shape index (κ3) is 5.60. The maximum Gasteiger partial charge on any atom is 0.124 e. The highest BCUT2D eigenvalue weighted by Gasteiger charge is 2.08. The molecule has 0 bridgehead atoms. The minimum Gasteiger partial charge on any atom is -0.489 e. The van der Waals surface area contributed by atoms with Gasteiger partial charge < -0.3 is 10.1 Å². The first-order chi connectivity index (χ1) is 12.9. The van der Waals surface area contributed by atoms with Crippen molar-refractivity contribution in [2.24, 2.45) is 0 Å². The number of hydrogen-bond donors (Lipinski definition) is 1. The molecule has 0 atom stereocenters. The second-order valence-corrected chi connectivity index (χ2v) is 7.84. The standard InChI is InChI=1S/C20H14Cl5NO/c21-14-2-6-20(27-11-12-1-4-16(22)18(24)7-12)13(8-14)10-26-15-3-5-17(23)19(25)9-15/h1-9,26H,10-11H2. The minimum atomic E-state index is 0.359. The molecule has 0 fully saturated rings. The molecule has 0 radical (unpaired) electrons. The SMILES string of the molecule is Clc1ccc(OCc2ccc(Cl)c(Cl)c2)c(CNc2ccc(Cl)c(Cl)c2)c1. The lowest BCUT2D eigenvalue weighted by Gasteiger charge is -2.14. The molecule has 27 heavy (non-hydrogen) atoms. The normalized spacial score (nSPS) is 10.7. The fraction of sp³-hybridized carbons (Fsp3) is 0.100. The van der Waals surface area contributed by atoms with Gasteiger partial charge in [0.15, 0.2) is 0 Å². The van der Waals surface area contributed by atoms with Gasteiger partial charge in [-0.15, -0.1) is 0 Å². The lowest BCUT2D eigenvalue weighted by Crippen LogP contribution is -2.04. The molecule has 0 aromatic heterocycles. The van der Waals surface area contributed by atoms with Crippen molar-refractivity contribution < 1.29 is 4.74 Å². The van der Waals surface area contributed by atoms with E-state index in [0.29, 0.717) is 38.3 Å². The van der Waals surface area contributed by atoms with Gasteiger partial charge in [-0.3, -0.25) is 0 Å². The predicted molar refractivity (Wildman–Crippen MR) is 116 cm³/mol. The molecule has 0 aliphatic heterocycles. The Morgan fingerprint density at radius 2 is 1.41 bits per heavy atom. The molecule has 0 heterocycles. The smallest absolute Gasteiger partial charge is 0.124 e. The Kier molecular flexibility index (Phi) is 7.02. The van der Waals surface area contributed by atoms with Crippen molar-refractivity contribution >= 4 is 63.7 Å². The lowest BCUT2D eigenvalue weighted by molar-refractivity contribution is 0.303. The van der Waals surface area contributed by atoms with E-state index in [1.807, 2.05) is 24.3 Å². The zero-order valence-electron chi connectivity index (χ0n) is 13.9. The number of anilines is 1. The monoisotopic (exact) mass is 459 g/mol. The van der Waals surface area contributed by atoms with Crippen molar-refractivity contribution in [3.8, 4) is 5.75 Å². The molecule has 3 aromatic carbocycles. The first-order valence-electron chi connectivity index (χ1n) is 7.96. The highest BCUT2D eigenvalue weighted by Crippen LogP contribution is 2.28. The molecule has 0 aliphatic carbocycles.